The number of carbonyl (C=O) groups is 2. The van der Waals surface area contributed by atoms with E-state index < -0.39 is 0 Å². The molecule has 31 heavy (non-hydrogen) atoms. The van der Waals surface area contributed by atoms with Crippen LogP contribution >= 0.6 is 11.3 Å². The molecule has 0 aromatic carbocycles. The lowest BCUT2D eigenvalue weighted by Crippen LogP contribution is -2.50. The largest absolute Gasteiger partial charge is 0.480 e. The molecule has 1 aliphatic carbocycles. The number of hydrogen-bond donors (Lipinski definition) is 0. The number of nitrogens with zero attached hydrogens (tertiary/aromatic N) is 4. The van der Waals surface area contributed by atoms with Crippen molar-refractivity contribution in [2.45, 2.75) is 45.6 Å². The summed E-state index contributed by atoms with van der Waals surface area (Å²) in [6.07, 6.45) is 5.50. The van der Waals surface area contributed by atoms with Gasteiger partial charge in [0.05, 0.1) is 17.4 Å². The maximum absolute atomic E-state index is 13.3. The minimum absolute atomic E-state index is 0.0151. The fraction of sp³-hybridized carbons (Fsp3) is 0.636. The third-order valence-electron chi connectivity index (χ3n) is 6.32. The molecule has 0 N–H and O–H groups in total. The molecule has 2 aliphatic rings. The second kappa shape index (κ2) is 9.48. The first-order valence-electron chi connectivity index (χ1n) is 10.9. The molecule has 2 fully saturated rings. The average molecular weight is 447 g/mol. The van der Waals surface area contributed by atoms with Crippen molar-refractivity contribution in [2.75, 3.05) is 40.4 Å². The molecule has 0 unspecified atom stereocenters. The van der Waals surface area contributed by atoms with Crippen molar-refractivity contribution in [2.24, 2.45) is 5.92 Å². The van der Waals surface area contributed by atoms with Gasteiger partial charge in [0.2, 0.25) is 11.8 Å². The van der Waals surface area contributed by atoms with E-state index in [0.717, 1.165) is 15.8 Å². The molecule has 2 aromatic heterocycles. The van der Waals surface area contributed by atoms with E-state index in [0.29, 0.717) is 55.1 Å². The van der Waals surface area contributed by atoms with Gasteiger partial charge in [-0.1, -0.05) is 12.8 Å². The lowest BCUT2D eigenvalue weighted by atomic mass is 10.0. The minimum Gasteiger partial charge on any atom is -0.480 e. The molecule has 0 atom stereocenters. The maximum Gasteiger partial charge on any atom is 0.264 e. The van der Waals surface area contributed by atoms with Gasteiger partial charge in [0.1, 0.15) is 11.4 Å². The lowest BCUT2D eigenvalue weighted by Gasteiger charge is -2.35. The van der Waals surface area contributed by atoms with Crippen LogP contribution in [0, 0.1) is 12.8 Å². The number of thiophene rings is 1. The summed E-state index contributed by atoms with van der Waals surface area (Å²) in [5.41, 5.74) is 0.838. The summed E-state index contributed by atoms with van der Waals surface area (Å²) in [5, 5.41) is 0.779. The molecule has 168 valence electrons. The Morgan fingerprint density at radius 3 is 2.39 bits per heavy atom. The molecule has 1 aliphatic heterocycles. The molecule has 1 saturated carbocycles. The highest BCUT2D eigenvalue weighted by atomic mass is 32.1. The Balaban J connectivity index is 1.46. The second-order valence-electron chi connectivity index (χ2n) is 8.35. The van der Waals surface area contributed by atoms with Crippen LogP contribution in [0.2, 0.25) is 0 Å². The Hall–Kier alpha value is -2.26. The molecule has 3 heterocycles. The molecule has 4 rings (SSSR count). The van der Waals surface area contributed by atoms with Gasteiger partial charge in [0.15, 0.2) is 5.82 Å². The number of aromatic nitrogens is 2. The topological polar surface area (TPSA) is 84.9 Å². The van der Waals surface area contributed by atoms with E-state index in [1.165, 1.54) is 37.0 Å². The zero-order valence-corrected chi connectivity index (χ0v) is 19.3. The van der Waals surface area contributed by atoms with Crippen LogP contribution in [0.25, 0.3) is 10.2 Å². The van der Waals surface area contributed by atoms with Gasteiger partial charge in [-0.05, 0) is 31.2 Å². The zero-order chi connectivity index (χ0) is 22.0. The molecule has 0 radical (unpaired) electrons. The van der Waals surface area contributed by atoms with E-state index in [1.807, 2.05) is 16.7 Å². The lowest BCUT2D eigenvalue weighted by molar-refractivity contribution is -0.133. The molecule has 2 aromatic rings. The average Bonchev–Trinajstić information content (AvgIpc) is 3.41. The van der Waals surface area contributed by atoms with Crippen molar-refractivity contribution in [3.8, 4) is 5.88 Å². The van der Waals surface area contributed by atoms with Gasteiger partial charge in [0, 0.05) is 39.7 Å². The van der Waals surface area contributed by atoms with E-state index >= 15 is 0 Å². The minimum atomic E-state index is -0.0151. The van der Waals surface area contributed by atoms with E-state index in [1.54, 1.807) is 14.2 Å². The van der Waals surface area contributed by atoms with Crippen molar-refractivity contribution >= 4 is 33.4 Å². The smallest absolute Gasteiger partial charge is 0.264 e. The van der Waals surface area contributed by atoms with E-state index in [9.17, 15) is 9.59 Å². The van der Waals surface area contributed by atoms with Crippen LogP contribution in [0.5, 0.6) is 5.88 Å². The molecular weight excluding hydrogens is 416 g/mol. The molecule has 2 amide bonds. The summed E-state index contributed by atoms with van der Waals surface area (Å²) >= 11 is 1.37. The normalized spacial score (nSPS) is 17.5. The van der Waals surface area contributed by atoms with Gasteiger partial charge in [-0.15, -0.1) is 11.3 Å². The van der Waals surface area contributed by atoms with Gasteiger partial charge >= 0.3 is 0 Å². The van der Waals surface area contributed by atoms with Crippen LogP contribution in [0.3, 0.4) is 0 Å². The van der Waals surface area contributed by atoms with Crippen LogP contribution in [0.1, 0.15) is 53.2 Å². The molecule has 0 bridgehead atoms. The first-order valence-corrected chi connectivity index (χ1v) is 11.7. The number of aryl methyl sites for hydroxylation is 1. The highest BCUT2D eigenvalue weighted by Crippen LogP contribution is 2.36. The zero-order valence-electron chi connectivity index (χ0n) is 18.5. The van der Waals surface area contributed by atoms with Gasteiger partial charge < -0.3 is 19.3 Å². The number of hydrogen-bond acceptors (Lipinski definition) is 7. The van der Waals surface area contributed by atoms with Crippen molar-refractivity contribution in [3.63, 3.8) is 0 Å². The fourth-order valence-corrected chi connectivity index (χ4v) is 5.74. The molecule has 9 heteroatoms. The molecular formula is C22H30N4O4S. The van der Waals surface area contributed by atoms with Gasteiger partial charge in [-0.25, -0.2) is 4.98 Å². The van der Waals surface area contributed by atoms with Crippen molar-refractivity contribution in [1.82, 2.24) is 19.8 Å². The number of fused-ring (bicyclic) bond motifs is 1. The van der Waals surface area contributed by atoms with Gasteiger partial charge in [0.25, 0.3) is 5.91 Å². The maximum atomic E-state index is 13.3. The highest BCUT2D eigenvalue weighted by Gasteiger charge is 2.29. The Labute approximate surface area is 186 Å². The van der Waals surface area contributed by atoms with Crippen LogP contribution in [-0.4, -0.2) is 72.0 Å². The third kappa shape index (κ3) is 4.52. The number of ether oxygens (including phenoxy) is 2. The predicted molar refractivity (Wildman–Crippen MR) is 118 cm³/mol. The Morgan fingerprint density at radius 2 is 1.74 bits per heavy atom. The van der Waals surface area contributed by atoms with Gasteiger partial charge in [-0.3, -0.25) is 9.59 Å². The predicted octanol–water partition coefficient (Wildman–Crippen LogP) is 3.02. The van der Waals surface area contributed by atoms with Gasteiger partial charge in [-0.2, -0.15) is 4.98 Å². The first-order chi connectivity index (χ1) is 15.0. The van der Waals surface area contributed by atoms with Crippen molar-refractivity contribution in [3.05, 3.63) is 16.3 Å². The number of amides is 2. The van der Waals surface area contributed by atoms with E-state index in [4.69, 9.17) is 9.47 Å². The van der Waals surface area contributed by atoms with Crippen LogP contribution in [0.4, 0.5) is 0 Å². The van der Waals surface area contributed by atoms with Crippen LogP contribution < -0.4 is 4.74 Å². The summed E-state index contributed by atoms with van der Waals surface area (Å²) < 4.78 is 10.6. The Bertz CT molecular complexity index is 962. The number of methoxy groups -OCH3 is 2. The summed E-state index contributed by atoms with van der Waals surface area (Å²) in [4.78, 5) is 40.0. The molecule has 0 spiro atoms. The number of carbonyl (C=O) groups excluding carboxylic acids is 2. The fourth-order valence-electron chi connectivity index (χ4n) is 4.58. The summed E-state index contributed by atoms with van der Waals surface area (Å²) in [6, 6.07) is 0. The first kappa shape index (κ1) is 22.0. The summed E-state index contributed by atoms with van der Waals surface area (Å²) in [6.45, 7) is 4.50. The number of rotatable bonds is 6. The quantitative estimate of drug-likeness (QED) is 0.678. The molecule has 8 nitrogen and oxygen atoms in total. The SMILES string of the molecule is COCc1nc(OC)c2c(C)c(C(=O)N3CCN(C(=O)CC4CCCC4)CC3)sc2n1. The summed E-state index contributed by atoms with van der Waals surface area (Å²) in [7, 11) is 3.16. The van der Waals surface area contributed by atoms with Crippen LogP contribution in [-0.2, 0) is 16.1 Å². The monoisotopic (exact) mass is 446 g/mol. The number of piperazine rings is 1. The third-order valence-corrected chi connectivity index (χ3v) is 7.50. The highest BCUT2D eigenvalue weighted by molar-refractivity contribution is 7.20. The van der Waals surface area contributed by atoms with E-state index in [2.05, 4.69) is 9.97 Å². The van der Waals surface area contributed by atoms with Crippen molar-refractivity contribution < 1.29 is 19.1 Å². The summed E-state index contributed by atoms with van der Waals surface area (Å²) in [5.74, 6) is 1.77. The standard InChI is InChI=1S/C22H30N4O4S/c1-14-18-20(30-3)23-16(13-29-2)24-21(18)31-19(14)22(28)26-10-8-25(9-11-26)17(27)12-15-6-4-5-7-15/h15H,4-13H2,1-3H3. The van der Waals surface area contributed by atoms with Crippen LogP contribution in [0.15, 0.2) is 0 Å². The second-order valence-corrected chi connectivity index (χ2v) is 9.35. The van der Waals surface area contributed by atoms with Crippen molar-refractivity contribution in [1.29, 1.82) is 0 Å². The Morgan fingerprint density at radius 1 is 1.06 bits per heavy atom. The Kier molecular flexibility index (Phi) is 6.71. The molecule has 1 saturated heterocycles. The van der Waals surface area contributed by atoms with E-state index in [-0.39, 0.29) is 18.4 Å².